The number of anilines is 1. The Labute approximate surface area is 105 Å². The third-order valence-electron chi connectivity index (χ3n) is 2.92. The van der Waals surface area contributed by atoms with Crippen LogP contribution in [0.3, 0.4) is 0 Å². The Bertz CT molecular complexity index is 480. The van der Waals surface area contributed by atoms with E-state index in [9.17, 15) is 9.59 Å². The lowest BCUT2D eigenvalue weighted by atomic mass is 10.1. The molecule has 0 unspecified atom stereocenters. The fraction of sp³-hybridized carbons (Fsp3) is 0.417. The van der Waals surface area contributed by atoms with Gasteiger partial charge in [0.05, 0.1) is 17.8 Å². The fourth-order valence-electron chi connectivity index (χ4n) is 2.00. The molecule has 0 spiro atoms. The zero-order valence-electron chi connectivity index (χ0n) is 10.3. The third kappa shape index (κ3) is 2.42. The van der Waals surface area contributed by atoms with E-state index in [0.717, 1.165) is 5.69 Å². The van der Waals surface area contributed by atoms with Gasteiger partial charge in [0.1, 0.15) is 0 Å². The number of carbonyl (C=O) groups is 2. The van der Waals surface area contributed by atoms with Crippen LogP contribution in [0, 0.1) is 5.92 Å². The number of aryl methyl sites for hydroxylation is 1. The summed E-state index contributed by atoms with van der Waals surface area (Å²) in [6.45, 7) is 4.37. The van der Waals surface area contributed by atoms with Gasteiger partial charge in [-0.1, -0.05) is 6.08 Å². The molecule has 0 radical (unpaired) electrons. The van der Waals surface area contributed by atoms with Crippen LogP contribution in [0.15, 0.2) is 25.0 Å². The minimum atomic E-state index is -0.294. The molecule has 0 aromatic carbocycles. The molecule has 6 nitrogen and oxygen atoms in total. The SMILES string of the molecule is C=CCNC(=O)[C@@H]1CC(=O)N(c2cnn(C)c2)C1. The van der Waals surface area contributed by atoms with Gasteiger partial charge in [-0.25, -0.2) is 0 Å². The van der Waals surface area contributed by atoms with Crippen LogP contribution in [0.4, 0.5) is 5.69 Å². The number of nitrogens with zero attached hydrogens (tertiary/aromatic N) is 3. The van der Waals surface area contributed by atoms with Crippen LogP contribution in [0.2, 0.25) is 0 Å². The number of rotatable bonds is 4. The maximum absolute atomic E-state index is 11.9. The fourth-order valence-corrected chi connectivity index (χ4v) is 2.00. The van der Waals surface area contributed by atoms with Crippen molar-refractivity contribution >= 4 is 17.5 Å². The molecule has 1 saturated heterocycles. The molecule has 6 heteroatoms. The second kappa shape index (κ2) is 5.03. The van der Waals surface area contributed by atoms with Gasteiger partial charge in [0.2, 0.25) is 11.8 Å². The smallest absolute Gasteiger partial charge is 0.227 e. The van der Waals surface area contributed by atoms with E-state index in [2.05, 4.69) is 17.0 Å². The van der Waals surface area contributed by atoms with Crippen LogP contribution in [0.5, 0.6) is 0 Å². The van der Waals surface area contributed by atoms with Crippen molar-refractivity contribution in [1.29, 1.82) is 0 Å². The van der Waals surface area contributed by atoms with Crippen LogP contribution >= 0.6 is 0 Å². The van der Waals surface area contributed by atoms with E-state index >= 15 is 0 Å². The van der Waals surface area contributed by atoms with Crippen LogP contribution in [-0.2, 0) is 16.6 Å². The molecule has 1 fully saturated rings. The van der Waals surface area contributed by atoms with Crippen molar-refractivity contribution in [2.24, 2.45) is 13.0 Å². The van der Waals surface area contributed by atoms with Crippen LogP contribution in [0.25, 0.3) is 0 Å². The van der Waals surface area contributed by atoms with Crippen molar-refractivity contribution in [3.05, 3.63) is 25.0 Å². The Balaban J connectivity index is 2.02. The molecule has 2 heterocycles. The highest BCUT2D eigenvalue weighted by Gasteiger charge is 2.35. The number of aromatic nitrogens is 2. The quantitative estimate of drug-likeness (QED) is 0.767. The molecule has 1 aromatic rings. The van der Waals surface area contributed by atoms with Gasteiger partial charge in [0.25, 0.3) is 0 Å². The summed E-state index contributed by atoms with van der Waals surface area (Å²) in [6, 6.07) is 0. The lowest BCUT2D eigenvalue weighted by Crippen LogP contribution is -2.32. The van der Waals surface area contributed by atoms with E-state index in [1.54, 1.807) is 35.1 Å². The Hall–Kier alpha value is -2.11. The second-order valence-electron chi connectivity index (χ2n) is 4.31. The van der Waals surface area contributed by atoms with E-state index < -0.39 is 0 Å². The topological polar surface area (TPSA) is 67.2 Å². The van der Waals surface area contributed by atoms with Gasteiger partial charge in [-0.2, -0.15) is 5.10 Å². The maximum Gasteiger partial charge on any atom is 0.227 e. The van der Waals surface area contributed by atoms with Gasteiger partial charge < -0.3 is 10.2 Å². The minimum absolute atomic E-state index is 0.0400. The van der Waals surface area contributed by atoms with Crippen molar-refractivity contribution in [1.82, 2.24) is 15.1 Å². The molecule has 1 aliphatic heterocycles. The molecular weight excluding hydrogens is 232 g/mol. The molecule has 1 N–H and O–H groups in total. The van der Waals surface area contributed by atoms with Gasteiger partial charge >= 0.3 is 0 Å². The predicted molar refractivity (Wildman–Crippen MR) is 66.9 cm³/mol. The Morgan fingerprint density at radius 2 is 2.50 bits per heavy atom. The summed E-state index contributed by atoms with van der Waals surface area (Å²) < 4.78 is 1.63. The molecule has 2 rings (SSSR count). The summed E-state index contributed by atoms with van der Waals surface area (Å²) in [5.74, 6) is -0.436. The van der Waals surface area contributed by atoms with Crippen molar-refractivity contribution in [3.63, 3.8) is 0 Å². The number of hydrogen-bond acceptors (Lipinski definition) is 3. The molecule has 1 aromatic heterocycles. The highest BCUT2D eigenvalue weighted by molar-refractivity contribution is 6.00. The summed E-state index contributed by atoms with van der Waals surface area (Å²) in [5.41, 5.74) is 0.738. The first-order chi connectivity index (χ1) is 8.61. The zero-order valence-corrected chi connectivity index (χ0v) is 10.3. The first-order valence-electron chi connectivity index (χ1n) is 5.79. The van der Waals surface area contributed by atoms with Crippen molar-refractivity contribution in [2.45, 2.75) is 6.42 Å². The van der Waals surface area contributed by atoms with Crippen molar-refractivity contribution in [2.75, 3.05) is 18.0 Å². The summed E-state index contributed by atoms with van der Waals surface area (Å²) in [6.07, 6.45) is 5.26. The first kappa shape index (κ1) is 12.3. The van der Waals surface area contributed by atoms with Gasteiger partial charge in [-0.05, 0) is 0 Å². The predicted octanol–water partition coefficient (Wildman–Crippen LogP) is 0.0752. The molecule has 96 valence electrons. The second-order valence-corrected chi connectivity index (χ2v) is 4.31. The first-order valence-corrected chi connectivity index (χ1v) is 5.79. The summed E-state index contributed by atoms with van der Waals surface area (Å²) >= 11 is 0. The van der Waals surface area contributed by atoms with E-state index in [0.29, 0.717) is 13.1 Å². The highest BCUT2D eigenvalue weighted by Crippen LogP contribution is 2.24. The molecule has 2 amide bonds. The number of hydrogen-bond donors (Lipinski definition) is 1. The standard InChI is InChI=1S/C12H16N4O2/c1-3-4-13-12(18)9-5-11(17)16(7-9)10-6-14-15(2)8-10/h3,6,8-9H,1,4-5,7H2,2H3,(H,13,18)/t9-/m1/s1. The molecule has 0 bridgehead atoms. The van der Waals surface area contributed by atoms with Crippen LogP contribution in [-0.4, -0.2) is 34.7 Å². The summed E-state index contributed by atoms with van der Waals surface area (Å²) in [4.78, 5) is 25.2. The van der Waals surface area contributed by atoms with Crippen molar-refractivity contribution in [3.8, 4) is 0 Å². The lowest BCUT2D eigenvalue weighted by Gasteiger charge is -2.13. The van der Waals surface area contributed by atoms with E-state index in [1.165, 1.54) is 0 Å². The largest absolute Gasteiger partial charge is 0.352 e. The summed E-state index contributed by atoms with van der Waals surface area (Å²) in [5, 5.41) is 6.74. The Kier molecular flexibility index (Phi) is 3.45. The normalized spacial score (nSPS) is 19.1. The monoisotopic (exact) mass is 248 g/mol. The Morgan fingerprint density at radius 1 is 1.72 bits per heavy atom. The highest BCUT2D eigenvalue weighted by atomic mass is 16.2. The van der Waals surface area contributed by atoms with E-state index in [1.807, 2.05) is 0 Å². The molecule has 0 saturated carbocycles. The maximum atomic E-state index is 11.9. The van der Waals surface area contributed by atoms with Gasteiger partial charge in [-0.15, -0.1) is 6.58 Å². The molecule has 1 aliphatic rings. The van der Waals surface area contributed by atoms with Gasteiger partial charge in [0.15, 0.2) is 0 Å². The molecule has 0 aliphatic carbocycles. The zero-order chi connectivity index (χ0) is 13.1. The summed E-state index contributed by atoms with van der Waals surface area (Å²) in [7, 11) is 1.79. The average molecular weight is 248 g/mol. The number of amides is 2. The minimum Gasteiger partial charge on any atom is -0.352 e. The number of nitrogens with one attached hydrogen (secondary N) is 1. The number of carbonyl (C=O) groups excluding carboxylic acids is 2. The molecule has 18 heavy (non-hydrogen) atoms. The average Bonchev–Trinajstić information content (AvgIpc) is 2.92. The van der Waals surface area contributed by atoms with Crippen LogP contribution in [0.1, 0.15) is 6.42 Å². The van der Waals surface area contributed by atoms with Gasteiger partial charge in [0, 0.05) is 32.8 Å². The van der Waals surface area contributed by atoms with Crippen molar-refractivity contribution < 1.29 is 9.59 Å². The van der Waals surface area contributed by atoms with E-state index in [-0.39, 0.29) is 24.2 Å². The molecule has 1 atom stereocenters. The van der Waals surface area contributed by atoms with Gasteiger partial charge in [-0.3, -0.25) is 14.3 Å². The lowest BCUT2D eigenvalue weighted by molar-refractivity contribution is -0.126. The molecular formula is C12H16N4O2. The Morgan fingerprint density at radius 3 is 3.11 bits per heavy atom. The van der Waals surface area contributed by atoms with Crippen LogP contribution < -0.4 is 10.2 Å². The third-order valence-corrected chi connectivity index (χ3v) is 2.92. The van der Waals surface area contributed by atoms with E-state index in [4.69, 9.17) is 0 Å².